The van der Waals surface area contributed by atoms with Gasteiger partial charge in [-0.2, -0.15) is 0 Å². The highest BCUT2D eigenvalue weighted by Gasteiger charge is 2.11. The number of fused-ring (bicyclic) bond motifs is 1. The van der Waals surface area contributed by atoms with Gasteiger partial charge in [0.1, 0.15) is 5.65 Å². The van der Waals surface area contributed by atoms with Crippen molar-refractivity contribution in [2.75, 3.05) is 5.33 Å². The smallest absolute Gasteiger partial charge is 0.175 e. The summed E-state index contributed by atoms with van der Waals surface area (Å²) in [5.41, 5.74) is 1.30. The van der Waals surface area contributed by atoms with Crippen molar-refractivity contribution in [1.29, 1.82) is 0 Å². The van der Waals surface area contributed by atoms with E-state index in [4.69, 9.17) is 11.6 Å². The maximum atomic E-state index is 11.5. The van der Waals surface area contributed by atoms with E-state index >= 15 is 0 Å². The second-order valence-electron chi connectivity index (χ2n) is 2.81. The van der Waals surface area contributed by atoms with Crippen molar-refractivity contribution in [3.05, 3.63) is 29.0 Å². The summed E-state index contributed by atoms with van der Waals surface area (Å²) in [5.74, 6) is 0.0142. The van der Waals surface area contributed by atoms with Gasteiger partial charge in [-0.1, -0.05) is 27.5 Å². The summed E-state index contributed by atoms with van der Waals surface area (Å²) < 4.78 is 0. The Morgan fingerprint density at radius 2 is 2.43 bits per heavy atom. The molecular formula is C9H6BrClN2O. The lowest BCUT2D eigenvalue weighted by molar-refractivity contribution is 0.102. The molecule has 2 heterocycles. The van der Waals surface area contributed by atoms with Crippen molar-refractivity contribution in [2.24, 2.45) is 0 Å². The summed E-state index contributed by atoms with van der Waals surface area (Å²) in [6.07, 6.45) is 3.19. The predicted octanol–water partition coefficient (Wildman–Crippen LogP) is 2.79. The molecule has 0 atom stereocenters. The van der Waals surface area contributed by atoms with Gasteiger partial charge >= 0.3 is 0 Å². The Hall–Kier alpha value is -0.870. The van der Waals surface area contributed by atoms with Crippen molar-refractivity contribution < 1.29 is 4.79 Å². The van der Waals surface area contributed by atoms with E-state index in [2.05, 4.69) is 25.9 Å². The average molecular weight is 274 g/mol. The largest absolute Gasteiger partial charge is 0.345 e. The molecule has 0 saturated carbocycles. The summed E-state index contributed by atoms with van der Waals surface area (Å²) in [6.45, 7) is 0. The first-order valence-corrected chi connectivity index (χ1v) is 5.44. The number of nitrogens with zero attached hydrogens (tertiary/aromatic N) is 1. The minimum Gasteiger partial charge on any atom is -0.345 e. The number of aromatic amines is 1. The van der Waals surface area contributed by atoms with E-state index in [0.29, 0.717) is 21.6 Å². The lowest BCUT2D eigenvalue weighted by atomic mass is 10.1. The number of aromatic nitrogens is 2. The van der Waals surface area contributed by atoms with Crippen LogP contribution in [0.25, 0.3) is 11.0 Å². The number of rotatable bonds is 2. The van der Waals surface area contributed by atoms with Crippen LogP contribution >= 0.6 is 27.5 Å². The minimum absolute atomic E-state index is 0.0142. The highest BCUT2D eigenvalue weighted by Crippen LogP contribution is 2.20. The summed E-state index contributed by atoms with van der Waals surface area (Å²) in [7, 11) is 0. The van der Waals surface area contributed by atoms with E-state index in [9.17, 15) is 4.79 Å². The number of hydrogen-bond donors (Lipinski definition) is 1. The van der Waals surface area contributed by atoms with Gasteiger partial charge in [0.25, 0.3) is 0 Å². The van der Waals surface area contributed by atoms with Crippen LogP contribution in [-0.4, -0.2) is 21.1 Å². The first kappa shape index (κ1) is 9.68. The first-order valence-electron chi connectivity index (χ1n) is 3.94. The number of pyridine rings is 1. The van der Waals surface area contributed by atoms with Gasteiger partial charge in [-0.3, -0.25) is 4.79 Å². The summed E-state index contributed by atoms with van der Waals surface area (Å²) in [5, 5.41) is 1.59. The van der Waals surface area contributed by atoms with E-state index in [1.165, 1.54) is 0 Å². The Balaban J connectivity index is 2.67. The summed E-state index contributed by atoms with van der Waals surface area (Å²) in [4.78, 5) is 18.4. The molecule has 0 saturated heterocycles. The Kier molecular flexibility index (Phi) is 2.56. The van der Waals surface area contributed by atoms with Crippen molar-refractivity contribution in [3.63, 3.8) is 0 Å². The third kappa shape index (κ3) is 1.55. The van der Waals surface area contributed by atoms with Gasteiger partial charge in [0.05, 0.1) is 10.4 Å². The number of carbonyl (C=O) groups is 1. The van der Waals surface area contributed by atoms with Crippen LogP contribution in [0.5, 0.6) is 0 Å². The molecule has 72 valence electrons. The van der Waals surface area contributed by atoms with Gasteiger partial charge in [0.15, 0.2) is 5.78 Å². The molecule has 1 N–H and O–H groups in total. The second kappa shape index (κ2) is 3.71. The van der Waals surface area contributed by atoms with Crippen LogP contribution in [0, 0.1) is 0 Å². The molecule has 14 heavy (non-hydrogen) atoms. The summed E-state index contributed by atoms with van der Waals surface area (Å²) >= 11 is 8.92. The molecule has 0 bridgehead atoms. The number of hydrogen-bond acceptors (Lipinski definition) is 2. The van der Waals surface area contributed by atoms with Gasteiger partial charge in [0.2, 0.25) is 0 Å². The fourth-order valence-corrected chi connectivity index (χ4v) is 1.74. The van der Waals surface area contributed by atoms with E-state index in [1.54, 1.807) is 18.5 Å². The normalized spacial score (nSPS) is 10.7. The van der Waals surface area contributed by atoms with Crippen molar-refractivity contribution in [2.45, 2.75) is 0 Å². The third-order valence-electron chi connectivity index (χ3n) is 1.92. The van der Waals surface area contributed by atoms with E-state index < -0.39 is 0 Å². The van der Waals surface area contributed by atoms with Crippen LogP contribution in [0.15, 0.2) is 18.5 Å². The lowest BCUT2D eigenvalue weighted by Crippen LogP contribution is -1.97. The van der Waals surface area contributed by atoms with E-state index in [0.717, 1.165) is 5.39 Å². The highest BCUT2D eigenvalue weighted by molar-refractivity contribution is 9.09. The topological polar surface area (TPSA) is 45.8 Å². The number of nitrogens with one attached hydrogen (secondary N) is 1. The molecule has 0 aromatic carbocycles. The lowest BCUT2D eigenvalue weighted by Gasteiger charge is -1.94. The number of alkyl halides is 1. The van der Waals surface area contributed by atoms with Crippen molar-refractivity contribution >= 4 is 44.3 Å². The molecule has 5 heteroatoms. The molecule has 2 aromatic rings. The number of halogens is 2. The number of Topliss-reactive ketones (excluding diaryl/α,β-unsaturated/α-hetero) is 1. The van der Waals surface area contributed by atoms with Gasteiger partial charge in [-0.25, -0.2) is 4.98 Å². The molecule has 0 radical (unpaired) electrons. The fourth-order valence-electron chi connectivity index (χ4n) is 1.28. The molecule has 3 nitrogen and oxygen atoms in total. The van der Waals surface area contributed by atoms with Gasteiger partial charge in [0, 0.05) is 23.3 Å². The van der Waals surface area contributed by atoms with E-state index in [1.807, 2.05) is 0 Å². The molecule has 0 aliphatic rings. The van der Waals surface area contributed by atoms with Crippen LogP contribution in [0.4, 0.5) is 0 Å². The van der Waals surface area contributed by atoms with Crippen LogP contribution in [0.2, 0.25) is 5.02 Å². The molecule has 0 aliphatic carbocycles. The average Bonchev–Trinajstić information content (AvgIpc) is 2.59. The van der Waals surface area contributed by atoms with Gasteiger partial charge in [-0.05, 0) is 6.07 Å². The Bertz CT molecular complexity index is 495. The van der Waals surface area contributed by atoms with Crippen LogP contribution < -0.4 is 0 Å². The number of H-pyrrole nitrogens is 1. The zero-order valence-corrected chi connectivity index (χ0v) is 9.39. The van der Waals surface area contributed by atoms with Crippen molar-refractivity contribution in [3.8, 4) is 0 Å². The van der Waals surface area contributed by atoms with Crippen molar-refractivity contribution in [1.82, 2.24) is 9.97 Å². The molecule has 2 rings (SSSR count). The Labute approximate surface area is 93.6 Å². The highest BCUT2D eigenvalue weighted by atomic mass is 79.9. The maximum Gasteiger partial charge on any atom is 0.175 e. The molecule has 2 aromatic heterocycles. The maximum absolute atomic E-state index is 11.5. The molecule has 0 spiro atoms. The molecule has 0 unspecified atom stereocenters. The summed E-state index contributed by atoms with van der Waals surface area (Å²) in [6, 6.07) is 1.73. The fraction of sp³-hybridized carbons (Fsp3) is 0.111. The standard InChI is InChI=1S/C9H6BrClN2O/c10-2-8(14)7-4-13-9-6(7)1-5(11)3-12-9/h1,3-4H,2H2,(H,12,13). The van der Waals surface area contributed by atoms with Crippen LogP contribution in [0.3, 0.4) is 0 Å². The zero-order chi connectivity index (χ0) is 10.1. The van der Waals surface area contributed by atoms with Gasteiger partial charge < -0.3 is 4.98 Å². The number of ketones is 1. The third-order valence-corrected chi connectivity index (χ3v) is 2.64. The minimum atomic E-state index is 0.0142. The van der Waals surface area contributed by atoms with Crippen LogP contribution in [-0.2, 0) is 0 Å². The molecule has 0 fully saturated rings. The molecule has 0 amide bonds. The molecule has 0 aliphatic heterocycles. The Morgan fingerprint density at radius 1 is 1.64 bits per heavy atom. The number of carbonyl (C=O) groups excluding carboxylic acids is 1. The predicted molar refractivity (Wildman–Crippen MR) is 59.2 cm³/mol. The quantitative estimate of drug-likeness (QED) is 0.675. The molecular weight excluding hydrogens is 267 g/mol. The van der Waals surface area contributed by atoms with E-state index in [-0.39, 0.29) is 5.78 Å². The zero-order valence-electron chi connectivity index (χ0n) is 7.05. The Morgan fingerprint density at radius 3 is 3.14 bits per heavy atom. The van der Waals surface area contributed by atoms with Gasteiger partial charge in [-0.15, -0.1) is 0 Å². The SMILES string of the molecule is O=C(CBr)c1c[nH]c2ncc(Cl)cc12. The monoisotopic (exact) mass is 272 g/mol. The first-order chi connectivity index (χ1) is 6.72. The second-order valence-corrected chi connectivity index (χ2v) is 3.81. The van der Waals surface area contributed by atoms with Crippen LogP contribution in [0.1, 0.15) is 10.4 Å².